The molecule has 2 rings (SSSR count). The molecule has 0 aliphatic rings. The van der Waals surface area contributed by atoms with Gasteiger partial charge in [0.25, 0.3) is 0 Å². The topological polar surface area (TPSA) is 24.9 Å². The number of hydrogen-bond donors (Lipinski definition) is 1. The summed E-state index contributed by atoms with van der Waals surface area (Å²) >= 11 is 1.79. The van der Waals surface area contributed by atoms with E-state index >= 15 is 0 Å². The van der Waals surface area contributed by atoms with Crippen LogP contribution in [0.3, 0.4) is 0 Å². The van der Waals surface area contributed by atoms with Crippen molar-refractivity contribution in [3.8, 4) is 0 Å². The maximum absolute atomic E-state index is 4.80. The summed E-state index contributed by atoms with van der Waals surface area (Å²) in [5.41, 5.74) is 2.61. The third kappa shape index (κ3) is 4.15. The highest BCUT2D eigenvalue weighted by Crippen LogP contribution is 2.25. The number of nitrogens with zero attached hydrogens (tertiary/aromatic N) is 1. The summed E-state index contributed by atoms with van der Waals surface area (Å²) in [6.45, 7) is 7.54. The molecule has 3 heteroatoms. The van der Waals surface area contributed by atoms with E-state index in [2.05, 4.69) is 61.8 Å². The minimum absolute atomic E-state index is 0.373. The Morgan fingerprint density at radius 3 is 2.55 bits per heavy atom. The average molecular weight is 288 g/mol. The molecule has 1 aromatic carbocycles. The van der Waals surface area contributed by atoms with Crippen LogP contribution in [-0.2, 0) is 6.42 Å². The zero-order valence-electron chi connectivity index (χ0n) is 12.6. The van der Waals surface area contributed by atoms with E-state index in [4.69, 9.17) is 4.98 Å². The Kier molecular flexibility index (Phi) is 5.74. The molecule has 0 saturated carbocycles. The van der Waals surface area contributed by atoms with Gasteiger partial charge >= 0.3 is 0 Å². The molecular weight excluding hydrogens is 264 g/mol. The number of aryl methyl sites for hydroxylation is 1. The van der Waals surface area contributed by atoms with Crippen LogP contribution in [0.1, 0.15) is 55.4 Å². The first-order valence-corrected chi connectivity index (χ1v) is 8.31. The maximum Gasteiger partial charge on any atom is 0.110 e. The molecule has 0 aliphatic heterocycles. The van der Waals surface area contributed by atoms with Crippen molar-refractivity contribution < 1.29 is 0 Å². The first-order chi connectivity index (χ1) is 9.70. The van der Waals surface area contributed by atoms with Gasteiger partial charge in [0.1, 0.15) is 5.01 Å². The second-order valence-corrected chi connectivity index (χ2v) is 6.29. The molecule has 0 radical (unpaired) electrons. The van der Waals surface area contributed by atoms with Gasteiger partial charge in [0.15, 0.2) is 0 Å². The Balaban J connectivity index is 2.02. The Labute approximate surface area is 126 Å². The predicted octanol–water partition coefficient (Wildman–Crippen LogP) is 4.55. The summed E-state index contributed by atoms with van der Waals surface area (Å²) in [6, 6.07) is 11.1. The monoisotopic (exact) mass is 288 g/mol. The molecule has 0 aliphatic carbocycles. The lowest BCUT2D eigenvalue weighted by Crippen LogP contribution is -2.21. The average Bonchev–Trinajstić information content (AvgIpc) is 2.94. The second-order valence-electron chi connectivity index (χ2n) is 5.40. The molecular formula is C17H24N2S. The molecule has 20 heavy (non-hydrogen) atoms. The number of thiazole rings is 1. The smallest absolute Gasteiger partial charge is 0.110 e. The number of benzene rings is 1. The SMILES string of the molecule is CCNC(CCc1ccccc1)c1nc(C(C)C)cs1. The lowest BCUT2D eigenvalue weighted by atomic mass is 10.1. The van der Waals surface area contributed by atoms with Crippen molar-refractivity contribution in [3.05, 3.63) is 52.0 Å². The molecule has 0 spiro atoms. The van der Waals surface area contributed by atoms with Crippen molar-refractivity contribution >= 4 is 11.3 Å². The first-order valence-electron chi connectivity index (χ1n) is 7.43. The quantitative estimate of drug-likeness (QED) is 0.808. The Morgan fingerprint density at radius 2 is 1.95 bits per heavy atom. The van der Waals surface area contributed by atoms with Crippen LogP contribution in [0.15, 0.2) is 35.7 Å². The lowest BCUT2D eigenvalue weighted by molar-refractivity contribution is 0.511. The standard InChI is InChI=1S/C17H24N2S/c1-4-18-15(11-10-14-8-6-5-7-9-14)17-19-16(12-20-17)13(2)3/h5-9,12-13,15,18H,4,10-11H2,1-3H3. The molecule has 0 bridgehead atoms. The van der Waals surface area contributed by atoms with E-state index < -0.39 is 0 Å². The van der Waals surface area contributed by atoms with Crippen molar-refractivity contribution in [3.63, 3.8) is 0 Å². The normalized spacial score (nSPS) is 12.8. The molecule has 1 N–H and O–H groups in total. The Hall–Kier alpha value is -1.19. The van der Waals surface area contributed by atoms with Gasteiger partial charge in [-0.1, -0.05) is 51.1 Å². The summed E-state index contributed by atoms with van der Waals surface area (Å²) in [5.74, 6) is 0.511. The molecule has 1 unspecified atom stereocenters. The number of aromatic nitrogens is 1. The molecule has 1 heterocycles. The number of hydrogen-bond acceptors (Lipinski definition) is 3. The summed E-state index contributed by atoms with van der Waals surface area (Å²) in [7, 11) is 0. The molecule has 2 aromatic rings. The summed E-state index contributed by atoms with van der Waals surface area (Å²) < 4.78 is 0. The van der Waals surface area contributed by atoms with Gasteiger partial charge in [-0.15, -0.1) is 11.3 Å². The fourth-order valence-corrected chi connectivity index (χ4v) is 3.33. The molecule has 0 saturated heterocycles. The van der Waals surface area contributed by atoms with E-state index in [9.17, 15) is 0 Å². The van der Waals surface area contributed by atoms with Crippen LogP contribution in [0.5, 0.6) is 0 Å². The third-order valence-corrected chi connectivity index (χ3v) is 4.42. The molecule has 0 fully saturated rings. The van der Waals surface area contributed by atoms with Gasteiger partial charge in [-0.3, -0.25) is 0 Å². The van der Waals surface area contributed by atoms with E-state index in [0.29, 0.717) is 12.0 Å². The van der Waals surface area contributed by atoms with Gasteiger partial charge in [0.2, 0.25) is 0 Å². The van der Waals surface area contributed by atoms with Crippen LogP contribution in [0.2, 0.25) is 0 Å². The van der Waals surface area contributed by atoms with Gasteiger partial charge in [-0.05, 0) is 30.9 Å². The zero-order valence-corrected chi connectivity index (χ0v) is 13.4. The van der Waals surface area contributed by atoms with Gasteiger partial charge in [-0.2, -0.15) is 0 Å². The largest absolute Gasteiger partial charge is 0.308 e. The molecule has 0 amide bonds. The fraction of sp³-hybridized carbons (Fsp3) is 0.471. The van der Waals surface area contributed by atoms with Crippen LogP contribution in [0.4, 0.5) is 0 Å². The van der Waals surface area contributed by atoms with Crippen LogP contribution >= 0.6 is 11.3 Å². The van der Waals surface area contributed by atoms with Crippen molar-refractivity contribution in [2.75, 3.05) is 6.54 Å². The first kappa shape index (κ1) is 15.2. The van der Waals surface area contributed by atoms with Gasteiger partial charge in [0, 0.05) is 5.38 Å². The highest BCUT2D eigenvalue weighted by molar-refractivity contribution is 7.09. The van der Waals surface area contributed by atoms with Crippen LogP contribution in [0.25, 0.3) is 0 Å². The third-order valence-electron chi connectivity index (χ3n) is 3.44. The fourth-order valence-electron chi connectivity index (χ4n) is 2.24. The van der Waals surface area contributed by atoms with Gasteiger partial charge in [0.05, 0.1) is 11.7 Å². The zero-order chi connectivity index (χ0) is 14.4. The van der Waals surface area contributed by atoms with Crippen molar-refractivity contribution in [2.45, 2.75) is 45.6 Å². The number of nitrogens with one attached hydrogen (secondary N) is 1. The molecule has 1 aromatic heterocycles. The minimum atomic E-state index is 0.373. The lowest BCUT2D eigenvalue weighted by Gasteiger charge is -2.15. The molecule has 108 valence electrons. The Bertz CT molecular complexity index is 505. The molecule has 1 atom stereocenters. The number of rotatable bonds is 7. The highest BCUT2D eigenvalue weighted by atomic mass is 32.1. The summed E-state index contributed by atoms with van der Waals surface area (Å²) in [6.07, 6.45) is 2.19. The van der Waals surface area contributed by atoms with Crippen molar-refractivity contribution in [1.82, 2.24) is 10.3 Å². The van der Waals surface area contributed by atoms with E-state index in [0.717, 1.165) is 19.4 Å². The van der Waals surface area contributed by atoms with E-state index in [1.807, 2.05) is 0 Å². The van der Waals surface area contributed by atoms with Crippen molar-refractivity contribution in [2.24, 2.45) is 0 Å². The van der Waals surface area contributed by atoms with Crippen LogP contribution < -0.4 is 5.32 Å². The Morgan fingerprint density at radius 1 is 1.20 bits per heavy atom. The minimum Gasteiger partial charge on any atom is -0.308 e. The summed E-state index contributed by atoms with van der Waals surface area (Å²) in [4.78, 5) is 4.80. The van der Waals surface area contributed by atoms with Gasteiger partial charge in [-0.25, -0.2) is 4.98 Å². The molecule has 2 nitrogen and oxygen atoms in total. The van der Waals surface area contributed by atoms with Crippen molar-refractivity contribution in [1.29, 1.82) is 0 Å². The van der Waals surface area contributed by atoms with E-state index in [1.165, 1.54) is 16.3 Å². The van der Waals surface area contributed by atoms with Crippen LogP contribution in [0, 0.1) is 0 Å². The maximum atomic E-state index is 4.80. The second kappa shape index (κ2) is 7.55. The van der Waals surface area contributed by atoms with E-state index in [-0.39, 0.29) is 0 Å². The van der Waals surface area contributed by atoms with E-state index in [1.54, 1.807) is 11.3 Å². The predicted molar refractivity (Wildman–Crippen MR) is 87.4 cm³/mol. The summed E-state index contributed by atoms with van der Waals surface area (Å²) in [5, 5.41) is 7.00. The van der Waals surface area contributed by atoms with Gasteiger partial charge < -0.3 is 5.32 Å². The van der Waals surface area contributed by atoms with Crippen LogP contribution in [-0.4, -0.2) is 11.5 Å². The highest BCUT2D eigenvalue weighted by Gasteiger charge is 2.15.